The second-order valence-electron chi connectivity index (χ2n) is 5.92. The predicted octanol–water partition coefficient (Wildman–Crippen LogP) is 4.03. The summed E-state index contributed by atoms with van der Waals surface area (Å²) in [6.07, 6.45) is 1.18. The van der Waals surface area contributed by atoms with Gasteiger partial charge in [-0.3, -0.25) is 4.79 Å². The minimum absolute atomic E-state index is 0.281. The van der Waals surface area contributed by atoms with Crippen molar-refractivity contribution in [2.45, 2.75) is 24.5 Å². The maximum absolute atomic E-state index is 12.2. The van der Waals surface area contributed by atoms with Crippen molar-refractivity contribution in [3.8, 4) is 5.75 Å². The number of ether oxygens (including phenoxy) is 2. The fraction of sp³-hybridized carbons (Fsp3) is 0.300. The van der Waals surface area contributed by atoms with Crippen LogP contribution in [0.1, 0.15) is 12.5 Å². The Morgan fingerprint density at radius 1 is 1.11 bits per heavy atom. The lowest BCUT2D eigenvalue weighted by Gasteiger charge is -2.18. The number of halogens is 1. The summed E-state index contributed by atoms with van der Waals surface area (Å²) in [7, 11) is 1.67. The number of nitrogens with zero attached hydrogens (tertiary/aromatic N) is 1. The second-order valence-corrected chi connectivity index (χ2v) is 7.24. The topological polar surface area (TPSA) is 55.8 Å². The van der Waals surface area contributed by atoms with E-state index in [0.29, 0.717) is 17.3 Å². The van der Waals surface area contributed by atoms with Gasteiger partial charge in [0.15, 0.2) is 12.7 Å². The van der Waals surface area contributed by atoms with Crippen LogP contribution in [0.25, 0.3) is 0 Å². The number of hydrogen-bond donors (Lipinski definition) is 0. The summed E-state index contributed by atoms with van der Waals surface area (Å²) >= 11 is 7.47. The van der Waals surface area contributed by atoms with E-state index < -0.39 is 12.1 Å². The molecule has 1 atom stereocenters. The molecular formula is C20H22ClNO4S. The molecule has 0 saturated heterocycles. The van der Waals surface area contributed by atoms with Crippen molar-refractivity contribution in [1.82, 2.24) is 4.90 Å². The smallest absolute Gasteiger partial charge is 0.347 e. The summed E-state index contributed by atoms with van der Waals surface area (Å²) in [6.45, 7) is 1.69. The molecule has 7 heteroatoms. The van der Waals surface area contributed by atoms with Gasteiger partial charge in [0.05, 0.1) is 0 Å². The van der Waals surface area contributed by atoms with E-state index in [1.54, 1.807) is 50.0 Å². The van der Waals surface area contributed by atoms with Crippen LogP contribution >= 0.6 is 23.4 Å². The molecule has 0 heterocycles. The van der Waals surface area contributed by atoms with Crippen molar-refractivity contribution in [2.24, 2.45) is 0 Å². The Balaban J connectivity index is 1.78. The normalized spacial score (nSPS) is 11.6. The van der Waals surface area contributed by atoms with Crippen LogP contribution in [0.4, 0.5) is 0 Å². The highest BCUT2D eigenvalue weighted by Crippen LogP contribution is 2.17. The van der Waals surface area contributed by atoms with Crippen LogP contribution in [0, 0.1) is 0 Å². The van der Waals surface area contributed by atoms with Crippen LogP contribution in [-0.4, -0.2) is 42.8 Å². The number of benzene rings is 2. The van der Waals surface area contributed by atoms with E-state index in [1.807, 2.05) is 30.5 Å². The highest BCUT2D eigenvalue weighted by atomic mass is 35.5. The third kappa shape index (κ3) is 6.81. The maximum Gasteiger partial charge on any atom is 0.347 e. The summed E-state index contributed by atoms with van der Waals surface area (Å²) < 4.78 is 10.6. The fourth-order valence-electron chi connectivity index (χ4n) is 2.22. The first-order chi connectivity index (χ1) is 12.9. The Morgan fingerprint density at radius 2 is 1.74 bits per heavy atom. The number of amides is 1. The van der Waals surface area contributed by atoms with Crippen molar-refractivity contribution < 1.29 is 19.1 Å². The standard InChI is InChI=1S/C20H22ClNO4S/c1-14(26-17-8-6-16(21)7-9-17)20(24)25-13-19(23)22(2)12-15-4-10-18(27-3)11-5-15/h4-11,14H,12-13H2,1-3H3/t14-/m0/s1. The summed E-state index contributed by atoms with van der Waals surface area (Å²) in [5.41, 5.74) is 1.01. The van der Waals surface area contributed by atoms with Gasteiger partial charge in [-0.2, -0.15) is 0 Å². The van der Waals surface area contributed by atoms with E-state index in [0.717, 1.165) is 10.5 Å². The molecule has 0 aliphatic carbocycles. The Bertz CT molecular complexity index is 765. The zero-order chi connectivity index (χ0) is 19.8. The number of thioether (sulfide) groups is 1. The number of rotatable bonds is 8. The molecule has 0 fully saturated rings. The van der Waals surface area contributed by atoms with Gasteiger partial charge in [0.1, 0.15) is 5.75 Å². The van der Waals surface area contributed by atoms with Gasteiger partial charge in [0, 0.05) is 23.5 Å². The molecule has 0 N–H and O–H groups in total. The van der Waals surface area contributed by atoms with Gasteiger partial charge in [0.25, 0.3) is 5.91 Å². The number of carbonyl (C=O) groups is 2. The van der Waals surface area contributed by atoms with Gasteiger partial charge in [-0.15, -0.1) is 11.8 Å². The van der Waals surface area contributed by atoms with Crippen molar-refractivity contribution in [1.29, 1.82) is 0 Å². The minimum Gasteiger partial charge on any atom is -0.479 e. The molecule has 0 saturated carbocycles. The molecule has 2 aromatic carbocycles. The van der Waals surface area contributed by atoms with Crippen LogP contribution in [0.5, 0.6) is 5.75 Å². The van der Waals surface area contributed by atoms with Gasteiger partial charge < -0.3 is 14.4 Å². The van der Waals surface area contributed by atoms with Crippen molar-refractivity contribution in [2.75, 3.05) is 19.9 Å². The van der Waals surface area contributed by atoms with E-state index >= 15 is 0 Å². The minimum atomic E-state index is -0.830. The largest absolute Gasteiger partial charge is 0.479 e. The summed E-state index contributed by atoms with van der Waals surface area (Å²) in [5, 5.41) is 0.578. The van der Waals surface area contributed by atoms with E-state index in [-0.39, 0.29) is 12.5 Å². The lowest BCUT2D eigenvalue weighted by molar-refractivity contribution is -0.157. The Labute approximate surface area is 168 Å². The molecule has 0 aliphatic heterocycles. The maximum atomic E-state index is 12.2. The molecule has 2 aromatic rings. The first-order valence-electron chi connectivity index (χ1n) is 8.35. The molecule has 0 radical (unpaired) electrons. The van der Waals surface area contributed by atoms with Gasteiger partial charge in [-0.1, -0.05) is 23.7 Å². The van der Waals surface area contributed by atoms with Gasteiger partial charge in [-0.05, 0) is 55.1 Å². The second kappa shape index (κ2) is 10.2. The van der Waals surface area contributed by atoms with Crippen LogP contribution < -0.4 is 4.74 Å². The number of esters is 1. The summed E-state index contributed by atoms with van der Waals surface area (Å²) in [6, 6.07) is 14.6. The first kappa shape index (κ1) is 21.1. The highest BCUT2D eigenvalue weighted by Gasteiger charge is 2.19. The van der Waals surface area contributed by atoms with Gasteiger partial charge in [-0.25, -0.2) is 4.79 Å². The average Bonchev–Trinajstić information content (AvgIpc) is 2.68. The molecule has 0 aliphatic rings. The summed E-state index contributed by atoms with van der Waals surface area (Å²) in [4.78, 5) is 26.9. The van der Waals surface area contributed by atoms with Gasteiger partial charge in [0.2, 0.25) is 0 Å². The third-order valence-electron chi connectivity index (χ3n) is 3.80. The Hall–Kier alpha value is -2.18. The third-order valence-corrected chi connectivity index (χ3v) is 4.80. The molecule has 27 heavy (non-hydrogen) atoms. The van der Waals surface area contributed by atoms with Crippen molar-refractivity contribution in [3.05, 3.63) is 59.1 Å². The molecule has 5 nitrogen and oxygen atoms in total. The lowest BCUT2D eigenvalue weighted by Crippen LogP contribution is -2.34. The van der Waals surface area contributed by atoms with Crippen molar-refractivity contribution in [3.63, 3.8) is 0 Å². The van der Waals surface area contributed by atoms with E-state index in [4.69, 9.17) is 21.1 Å². The highest BCUT2D eigenvalue weighted by molar-refractivity contribution is 7.98. The number of likely N-dealkylation sites (N-methyl/N-ethyl adjacent to an activating group) is 1. The molecular weight excluding hydrogens is 386 g/mol. The van der Waals surface area contributed by atoms with E-state index in [1.165, 1.54) is 4.90 Å². The monoisotopic (exact) mass is 407 g/mol. The molecule has 0 aromatic heterocycles. The Morgan fingerprint density at radius 3 is 2.33 bits per heavy atom. The number of carbonyl (C=O) groups excluding carboxylic acids is 2. The van der Waals surface area contributed by atoms with Crippen LogP contribution in [0.15, 0.2) is 53.4 Å². The quantitative estimate of drug-likeness (QED) is 0.488. The zero-order valence-electron chi connectivity index (χ0n) is 15.5. The van der Waals surface area contributed by atoms with Crippen LogP contribution in [0.2, 0.25) is 5.02 Å². The lowest BCUT2D eigenvalue weighted by atomic mass is 10.2. The number of hydrogen-bond acceptors (Lipinski definition) is 5. The fourth-order valence-corrected chi connectivity index (χ4v) is 2.75. The molecule has 144 valence electrons. The van der Waals surface area contributed by atoms with Crippen LogP contribution in [0.3, 0.4) is 0 Å². The molecule has 0 unspecified atom stereocenters. The van der Waals surface area contributed by atoms with Crippen LogP contribution in [-0.2, 0) is 20.9 Å². The molecule has 2 rings (SSSR count). The summed E-state index contributed by atoms with van der Waals surface area (Å²) in [5.74, 6) is -0.381. The Kier molecular flexibility index (Phi) is 8.00. The average molecular weight is 408 g/mol. The molecule has 1 amide bonds. The molecule has 0 bridgehead atoms. The SMILES string of the molecule is CSc1ccc(CN(C)C(=O)COC(=O)[C@H](C)Oc2ccc(Cl)cc2)cc1. The zero-order valence-corrected chi connectivity index (χ0v) is 17.0. The molecule has 0 spiro atoms. The van der Waals surface area contributed by atoms with E-state index in [9.17, 15) is 9.59 Å². The van der Waals surface area contributed by atoms with E-state index in [2.05, 4.69) is 0 Å². The first-order valence-corrected chi connectivity index (χ1v) is 9.95. The predicted molar refractivity (Wildman–Crippen MR) is 107 cm³/mol. The van der Waals surface area contributed by atoms with Crippen molar-refractivity contribution >= 4 is 35.2 Å². The van der Waals surface area contributed by atoms with Gasteiger partial charge >= 0.3 is 5.97 Å².